The van der Waals surface area contributed by atoms with Gasteiger partial charge in [-0.25, -0.2) is 9.97 Å². The van der Waals surface area contributed by atoms with Gasteiger partial charge in [0.1, 0.15) is 5.69 Å². The quantitative estimate of drug-likeness (QED) is 0.708. The van der Waals surface area contributed by atoms with E-state index in [1.165, 1.54) is 5.56 Å². The van der Waals surface area contributed by atoms with Gasteiger partial charge in [0.05, 0.1) is 10.7 Å². The fourth-order valence-electron chi connectivity index (χ4n) is 2.93. The van der Waals surface area contributed by atoms with E-state index in [2.05, 4.69) is 21.4 Å². The highest BCUT2D eigenvalue weighted by Crippen LogP contribution is 2.32. The smallest absolute Gasteiger partial charge is 0.274 e. The Morgan fingerprint density at radius 1 is 1.12 bits per heavy atom. The molecule has 26 heavy (non-hydrogen) atoms. The van der Waals surface area contributed by atoms with Crippen molar-refractivity contribution in [2.45, 2.75) is 6.42 Å². The minimum Gasteiger partial charge on any atom is -0.319 e. The summed E-state index contributed by atoms with van der Waals surface area (Å²) in [6.07, 6.45) is 2.51. The number of nitrogens with zero attached hydrogens (tertiary/aromatic N) is 3. The summed E-state index contributed by atoms with van der Waals surface area (Å²) in [6, 6.07) is 14.6. The van der Waals surface area contributed by atoms with Crippen LogP contribution in [0.1, 0.15) is 16.1 Å². The van der Waals surface area contributed by atoms with E-state index in [1.807, 2.05) is 23.1 Å². The summed E-state index contributed by atoms with van der Waals surface area (Å²) in [6.45, 7) is 0.782. The molecular weight excluding hydrogens is 371 g/mol. The van der Waals surface area contributed by atoms with Crippen LogP contribution in [-0.2, 0) is 6.42 Å². The molecule has 3 aromatic rings. The van der Waals surface area contributed by atoms with Gasteiger partial charge in [0.2, 0.25) is 5.95 Å². The van der Waals surface area contributed by atoms with Gasteiger partial charge in [-0.2, -0.15) is 0 Å². The number of amides is 1. The molecule has 7 heteroatoms. The molecule has 1 aliphatic heterocycles. The maximum atomic E-state index is 12.6. The first-order valence-corrected chi connectivity index (χ1v) is 8.82. The molecular formula is C19H14Cl2N4O. The number of hydrogen-bond acceptors (Lipinski definition) is 4. The summed E-state index contributed by atoms with van der Waals surface area (Å²) in [5.41, 5.74) is 3.02. The third kappa shape index (κ3) is 3.23. The zero-order valence-corrected chi connectivity index (χ0v) is 15.1. The fraction of sp³-hybridized carbons (Fsp3) is 0.105. The monoisotopic (exact) mass is 384 g/mol. The first-order chi connectivity index (χ1) is 12.6. The summed E-state index contributed by atoms with van der Waals surface area (Å²) in [5.74, 6) is 0.130. The molecule has 0 saturated heterocycles. The molecule has 0 radical (unpaired) electrons. The third-order valence-electron chi connectivity index (χ3n) is 4.18. The number of aromatic nitrogens is 2. The Balaban J connectivity index is 1.60. The molecule has 0 fully saturated rings. The highest BCUT2D eigenvalue weighted by Gasteiger charge is 2.22. The Hall–Kier alpha value is -2.63. The van der Waals surface area contributed by atoms with E-state index < -0.39 is 0 Å². The van der Waals surface area contributed by atoms with Crippen molar-refractivity contribution in [1.29, 1.82) is 0 Å². The minimum atomic E-state index is -0.370. The molecule has 0 atom stereocenters. The summed E-state index contributed by atoms with van der Waals surface area (Å²) < 4.78 is 0. The molecule has 1 aliphatic rings. The predicted octanol–water partition coefficient (Wildman–Crippen LogP) is 4.73. The van der Waals surface area contributed by atoms with Gasteiger partial charge < -0.3 is 10.2 Å². The Morgan fingerprint density at radius 3 is 2.85 bits per heavy atom. The lowest BCUT2D eigenvalue weighted by atomic mass is 10.2. The Labute approximate surface area is 160 Å². The van der Waals surface area contributed by atoms with Gasteiger partial charge in [-0.05, 0) is 42.3 Å². The van der Waals surface area contributed by atoms with E-state index in [0.717, 1.165) is 18.7 Å². The fourth-order valence-corrected chi connectivity index (χ4v) is 3.27. The molecule has 0 saturated carbocycles. The first kappa shape index (κ1) is 16.8. The van der Waals surface area contributed by atoms with Crippen molar-refractivity contribution in [2.24, 2.45) is 0 Å². The van der Waals surface area contributed by atoms with Crippen LogP contribution in [-0.4, -0.2) is 22.4 Å². The van der Waals surface area contributed by atoms with Gasteiger partial charge in [0.15, 0.2) is 0 Å². The zero-order valence-electron chi connectivity index (χ0n) is 13.6. The van der Waals surface area contributed by atoms with Gasteiger partial charge in [0.25, 0.3) is 5.91 Å². The van der Waals surface area contributed by atoms with Crippen molar-refractivity contribution in [3.8, 4) is 0 Å². The van der Waals surface area contributed by atoms with Crippen LogP contribution < -0.4 is 10.2 Å². The molecule has 2 aromatic carbocycles. The average molecular weight is 385 g/mol. The molecule has 1 aromatic heterocycles. The van der Waals surface area contributed by atoms with E-state index in [-0.39, 0.29) is 11.6 Å². The maximum Gasteiger partial charge on any atom is 0.274 e. The Morgan fingerprint density at radius 2 is 1.96 bits per heavy atom. The number of anilines is 3. The molecule has 2 heterocycles. The largest absolute Gasteiger partial charge is 0.319 e. The van der Waals surface area contributed by atoms with Crippen LogP contribution in [0, 0.1) is 0 Å². The molecule has 1 N–H and O–H groups in total. The van der Waals surface area contributed by atoms with Crippen LogP contribution in [0.25, 0.3) is 0 Å². The van der Waals surface area contributed by atoms with Gasteiger partial charge in [-0.1, -0.05) is 41.4 Å². The van der Waals surface area contributed by atoms with E-state index >= 15 is 0 Å². The lowest BCUT2D eigenvalue weighted by Crippen LogP contribution is -2.20. The van der Waals surface area contributed by atoms with Crippen LogP contribution in [0.5, 0.6) is 0 Å². The number of nitrogens with one attached hydrogen (secondary N) is 1. The average Bonchev–Trinajstić information content (AvgIpc) is 3.09. The third-order valence-corrected chi connectivity index (χ3v) is 4.75. The number of halogens is 2. The second-order valence-electron chi connectivity index (χ2n) is 5.85. The van der Waals surface area contributed by atoms with Crippen molar-refractivity contribution >= 4 is 46.4 Å². The van der Waals surface area contributed by atoms with E-state index in [9.17, 15) is 4.79 Å². The molecule has 0 bridgehead atoms. The standard InChI is InChI=1S/C19H14Cl2N4O/c20-13-5-6-14(21)16(11-13)23-18(26)15-7-9-22-19(24-15)25-10-8-12-3-1-2-4-17(12)25/h1-7,9,11H,8,10H2,(H,23,26). The molecule has 0 unspecified atom stereocenters. The molecule has 130 valence electrons. The molecule has 5 nitrogen and oxygen atoms in total. The summed E-state index contributed by atoms with van der Waals surface area (Å²) in [5, 5.41) is 3.64. The van der Waals surface area contributed by atoms with Crippen molar-refractivity contribution in [2.75, 3.05) is 16.8 Å². The molecule has 0 spiro atoms. The van der Waals surface area contributed by atoms with Crippen LogP contribution in [0.15, 0.2) is 54.7 Å². The second-order valence-corrected chi connectivity index (χ2v) is 6.69. The van der Waals surface area contributed by atoms with Crippen LogP contribution in [0.2, 0.25) is 10.0 Å². The normalized spacial score (nSPS) is 12.8. The lowest BCUT2D eigenvalue weighted by molar-refractivity contribution is 0.102. The van der Waals surface area contributed by atoms with Gasteiger partial charge >= 0.3 is 0 Å². The van der Waals surface area contributed by atoms with Crippen LogP contribution in [0.3, 0.4) is 0 Å². The number of para-hydroxylation sites is 1. The van der Waals surface area contributed by atoms with Crippen molar-refractivity contribution in [1.82, 2.24) is 9.97 Å². The number of fused-ring (bicyclic) bond motifs is 1. The van der Waals surface area contributed by atoms with Gasteiger partial charge in [0, 0.05) is 23.5 Å². The van der Waals surface area contributed by atoms with Gasteiger partial charge in [-0.15, -0.1) is 0 Å². The van der Waals surface area contributed by atoms with Gasteiger partial charge in [-0.3, -0.25) is 4.79 Å². The first-order valence-electron chi connectivity index (χ1n) is 8.07. The minimum absolute atomic E-state index is 0.260. The number of carbonyl (C=O) groups is 1. The van der Waals surface area contributed by atoms with E-state index in [1.54, 1.807) is 30.5 Å². The number of rotatable bonds is 3. The molecule has 4 rings (SSSR count). The highest BCUT2D eigenvalue weighted by atomic mass is 35.5. The maximum absolute atomic E-state index is 12.6. The summed E-state index contributed by atoms with van der Waals surface area (Å²) >= 11 is 12.1. The topological polar surface area (TPSA) is 58.1 Å². The van der Waals surface area contributed by atoms with E-state index in [4.69, 9.17) is 23.2 Å². The van der Waals surface area contributed by atoms with Crippen LogP contribution in [0.4, 0.5) is 17.3 Å². The molecule has 0 aliphatic carbocycles. The highest BCUT2D eigenvalue weighted by molar-refractivity contribution is 6.35. The zero-order chi connectivity index (χ0) is 18.1. The second kappa shape index (κ2) is 6.94. The Kier molecular flexibility index (Phi) is 4.49. The van der Waals surface area contributed by atoms with Crippen molar-refractivity contribution < 1.29 is 4.79 Å². The predicted molar refractivity (Wildman–Crippen MR) is 104 cm³/mol. The van der Waals surface area contributed by atoms with E-state index in [0.29, 0.717) is 21.7 Å². The number of carbonyl (C=O) groups excluding carboxylic acids is 1. The van der Waals surface area contributed by atoms with Crippen LogP contribution >= 0.6 is 23.2 Å². The Bertz CT molecular complexity index is 993. The number of benzene rings is 2. The molecule has 1 amide bonds. The lowest BCUT2D eigenvalue weighted by Gasteiger charge is -2.17. The van der Waals surface area contributed by atoms with Crippen molar-refractivity contribution in [3.05, 3.63) is 76.0 Å². The van der Waals surface area contributed by atoms with Crippen molar-refractivity contribution in [3.63, 3.8) is 0 Å². The SMILES string of the molecule is O=C(Nc1cc(Cl)ccc1Cl)c1ccnc(N2CCc3ccccc32)n1. The summed E-state index contributed by atoms with van der Waals surface area (Å²) in [4.78, 5) is 23.3. The summed E-state index contributed by atoms with van der Waals surface area (Å²) in [7, 11) is 0. The number of hydrogen-bond donors (Lipinski definition) is 1.